The maximum atomic E-state index is 5.72. The summed E-state index contributed by atoms with van der Waals surface area (Å²) >= 11 is 5.27. The Kier molecular flexibility index (Phi) is 4.23. The van der Waals surface area contributed by atoms with Crippen molar-refractivity contribution in [2.75, 3.05) is 20.6 Å². The van der Waals surface area contributed by atoms with Crippen LogP contribution in [0.3, 0.4) is 0 Å². The van der Waals surface area contributed by atoms with Gasteiger partial charge in [-0.1, -0.05) is 25.6 Å². The normalized spacial score (nSPS) is 24.5. The quantitative estimate of drug-likeness (QED) is 0.514. The highest BCUT2D eigenvalue weighted by Crippen LogP contribution is 2.19. The van der Waals surface area contributed by atoms with Gasteiger partial charge in [0, 0.05) is 26.7 Å². The molecule has 1 heterocycles. The molecule has 78 valence electrons. The third-order valence-electron chi connectivity index (χ3n) is 2.86. The lowest BCUT2D eigenvalue weighted by molar-refractivity contribution is 0.366. The SMILES string of the molecule is [B]C(C)CCCC1CN(C)C(=S)N1C. The van der Waals surface area contributed by atoms with E-state index in [2.05, 4.69) is 30.8 Å². The molecule has 1 saturated heterocycles. The number of rotatable bonds is 4. The standard InChI is InChI=1S/C10H19BN2S/c1-8(11)5-4-6-9-7-12(2)10(14)13(9)3/h8-9H,4-7H2,1-3H3. The van der Waals surface area contributed by atoms with Crippen LogP contribution in [0.2, 0.25) is 5.82 Å². The Balaban J connectivity index is 2.29. The van der Waals surface area contributed by atoms with Crippen molar-refractivity contribution in [1.82, 2.24) is 9.80 Å². The Labute approximate surface area is 94.0 Å². The first kappa shape index (κ1) is 11.8. The average Bonchev–Trinajstić information content (AvgIpc) is 2.33. The smallest absolute Gasteiger partial charge is 0.171 e. The van der Waals surface area contributed by atoms with Gasteiger partial charge in [0.1, 0.15) is 0 Å². The molecule has 2 atom stereocenters. The zero-order valence-electron chi connectivity index (χ0n) is 9.36. The fraction of sp³-hybridized carbons (Fsp3) is 0.900. The molecule has 2 nitrogen and oxygen atoms in total. The molecular formula is C10H19BN2S. The molecule has 14 heavy (non-hydrogen) atoms. The Morgan fingerprint density at radius 1 is 1.57 bits per heavy atom. The van der Waals surface area contributed by atoms with Crippen molar-refractivity contribution in [3.05, 3.63) is 0 Å². The second-order valence-corrected chi connectivity index (χ2v) is 4.70. The molecule has 1 fully saturated rings. The number of likely N-dealkylation sites (N-methyl/N-ethyl adjacent to an activating group) is 2. The van der Waals surface area contributed by atoms with Gasteiger partial charge in [-0.15, -0.1) is 0 Å². The summed E-state index contributed by atoms with van der Waals surface area (Å²) in [6.07, 6.45) is 3.51. The highest BCUT2D eigenvalue weighted by molar-refractivity contribution is 7.80. The molecule has 0 aromatic heterocycles. The molecule has 0 saturated carbocycles. The van der Waals surface area contributed by atoms with Gasteiger partial charge in [0.05, 0.1) is 7.85 Å². The lowest BCUT2D eigenvalue weighted by atomic mass is 9.84. The van der Waals surface area contributed by atoms with Crippen molar-refractivity contribution in [2.24, 2.45) is 0 Å². The molecule has 1 aliphatic rings. The first-order chi connectivity index (χ1) is 6.52. The molecule has 0 bridgehead atoms. The van der Waals surface area contributed by atoms with Crippen LogP contribution in [-0.2, 0) is 0 Å². The van der Waals surface area contributed by atoms with Crippen molar-refractivity contribution < 1.29 is 0 Å². The Morgan fingerprint density at radius 3 is 2.64 bits per heavy atom. The summed E-state index contributed by atoms with van der Waals surface area (Å²) in [6, 6.07) is 0.589. The molecule has 0 aromatic rings. The van der Waals surface area contributed by atoms with Crippen molar-refractivity contribution in [1.29, 1.82) is 0 Å². The van der Waals surface area contributed by atoms with Gasteiger partial charge in [0.2, 0.25) is 0 Å². The van der Waals surface area contributed by atoms with Gasteiger partial charge < -0.3 is 9.80 Å². The number of nitrogens with zero attached hydrogens (tertiary/aromatic N) is 2. The largest absolute Gasteiger partial charge is 0.350 e. The highest BCUT2D eigenvalue weighted by Gasteiger charge is 2.28. The number of hydrogen-bond acceptors (Lipinski definition) is 1. The van der Waals surface area contributed by atoms with Gasteiger partial charge in [-0.05, 0) is 18.6 Å². The predicted octanol–water partition coefficient (Wildman–Crippen LogP) is 1.66. The first-order valence-corrected chi connectivity index (χ1v) is 5.66. The van der Waals surface area contributed by atoms with E-state index in [9.17, 15) is 0 Å². The molecule has 0 aliphatic carbocycles. The number of hydrogen-bond donors (Lipinski definition) is 0. The van der Waals surface area contributed by atoms with Crippen molar-refractivity contribution in [2.45, 2.75) is 38.0 Å². The van der Waals surface area contributed by atoms with Crippen LogP contribution in [-0.4, -0.2) is 49.4 Å². The summed E-state index contributed by atoms with van der Waals surface area (Å²) in [4.78, 5) is 4.35. The van der Waals surface area contributed by atoms with Crippen LogP contribution in [0, 0.1) is 0 Å². The minimum absolute atomic E-state index is 0.325. The number of thiocarbonyl (C=S) groups is 1. The Morgan fingerprint density at radius 2 is 2.21 bits per heavy atom. The maximum absolute atomic E-state index is 5.72. The van der Waals surface area contributed by atoms with Crippen LogP contribution in [0.4, 0.5) is 0 Å². The van der Waals surface area contributed by atoms with E-state index in [1.165, 1.54) is 12.8 Å². The van der Waals surface area contributed by atoms with Crippen molar-refractivity contribution in [3.8, 4) is 0 Å². The van der Waals surface area contributed by atoms with E-state index < -0.39 is 0 Å². The Hall–Kier alpha value is -0.245. The van der Waals surface area contributed by atoms with Gasteiger partial charge >= 0.3 is 0 Å². The molecule has 0 spiro atoms. The van der Waals surface area contributed by atoms with Crippen LogP contribution >= 0.6 is 12.2 Å². The summed E-state index contributed by atoms with van der Waals surface area (Å²) < 4.78 is 0. The van der Waals surface area contributed by atoms with E-state index >= 15 is 0 Å². The summed E-state index contributed by atoms with van der Waals surface area (Å²) in [6.45, 7) is 3.13. The highest BCUT2D eigenvalue weighted by atomic mass is 32.1. The van der Waals surface area contributed by atoms with E-state index in [1.54, 1.807) is 0 Å². The lowest BCUT2D eigenvalue weighted by Crippen LogP contribution is -2.29. The summed E-state index contributed by atoms with van der Waals surface area (Å²) in [5.74, 6) is 0.325. The minimum atomic E-state index is 0.325. The zero-order valence-corrected chi connectivity index (χ0v) is 10.2. The van der Waals surface area contributed by atoms with Gasteiger partial charge in [-0.25, -0.2) is 0 Å². The molecule has 0 amide bonds. The van der Waals surface area contributed by atoms with Crippen LogP contribution in [0.1, 0.15) is 26.2 Å². The molecule has 1 rings (SSSR count). The van der Waals surface area contributed by atoms with Gasteiger partial charge in [0.15, 0.2) is 5.11 Å². The van der Waals surface area contributed by atoms with Gasteiger partial charge in [-0.2, -0.15) is 0 Å². The topological polar surface area (TPSA) is 6.48 Å². The van der Waals surface area contributed by atoms with Gasteiger partial charge in [-0.3, -0.25) is 0 Å². The fourth-order valence-corrected chi connectivity index (χ4v) is 2.13. The third kappa shape index (κ3) is 2.87. The molecule has 0 aromatic carbocycles. The second-order valence-electron chi connectivity index (χ2n) is 4.34. The van der Waals surface area contributed by atoms with Crippen LogP contribution in [0.5, 0.6) is 0 Å². The van der Waals surface area contributed by atoms with E-state index in [0.29, 0.717) is 11.9 Å². The lowest BCUT2D eigenvalue weighted by Gasteiger charge is -2.19. The summed E-state index contributed by atoms with van der Waals surface area (Å²) in [5, 5.41) is 0.968. The fourth-order valence-electron chi connectivity index (χ4n) is 1.90. The summed E-state index contributed by atoms with van der Waals surface area (Å²) in [7, 11) is 9.86. The molecule has 2 unspecified atom stereocenters. The molecule has 0 N–H and O–H groups in total. The zero-order chi connectivity index (χ0) is 10.7. The van der Waals surface area contributed by atoms with E-state index in [4.69, 9.17) is 20.1 Å². The van der Waals surface area contributed by atoms with E-state index in [-0.39, 0.29) is 0 Å². The third-order valence-corrected chi connectivity index (χ3v) is 3.46. The maximum Gasteiger partial charge on any atom is 0.171 e. The van der Waals surface area contributed by atoms with E-state index in [1.807, 2.05) is 0 Å². The summed E-state index contributed by atoms with van der Waals surface area (Å²) in [5.41, 5.74) is 0. The minimum Gasteiger partial charge on any atom is -0.350 e. The van der Waals surface area contributed by atoms with Crippen molar-refractivity contribution in [3.63, 3.8) is 0 Å². The van der Waals surface area contributed by atoms with Gasteiger partial charge in [0.25, 0.3) is 0 Å². The Bertz CT molecular complexity index is 208. The molecule has 1 aliphatic heterocycles. The second kappa shape index (κ2) is 5.01. The predicted molar refractivity (Wildman–Crippen MR) is 65.8 cm³/mol. The van der Waals surface area contributed by atoms with Crippen LogP contribution in [0.15, 0.2) is 0 Å². The van der Waals surface area contributed by atoms with Crippen LogP contribution < -0.4 is 0 Å². The molecule has 2 radical (unpaired) electrons. The molecule has 4 heteroatoms. The van der Waals surface area contributed by atoms with Crippen LogP contribution in [0.25, 0.3) is 0 Å². The average molecular weight is 210 g/mol. The monoisotopic (exact) mass is 210 g/mol. The molecular weight excluding hydrogens is 191 g/mol. The van der Waals surface area contributed by atoms with Crippen molar-refractivity contribution >= 4 is 25.2 Å². The van der Waals surface area contributed by atoms with E-state index in [0.717, 1.165) is 18.1 Å². The first-order valence-electron chi connectivity index (χ1n) is 5.26.